The van der Waals surface area contributed by atoms with Gasteiger partial charge in [-0.1, -0.05) is 11.6 Å². The first-order chi connectivity index (χ1) is 14.4. The van der Waals surface area contributed by atoms with Gasteiger partial charge in [0.1, 0.15) is 11.8 Å². The van der Waals surface area contributed by atoms with Crippen LogP contribution in [0.3, 0.4) is 0 Å². The fraction of sp³-hybridized carbons (Fsp3) is 0.381. The van der Waals surface area contributed by atoms with E-state index in [1.807, 2.05) is 20.8 Å². The lowest BCUT2D eigenvalue weighted by molar-refractivity contribution is -0.144. The highest BCUT2D eigenvalue weighted by Gasteiger charge is 2.35. The number of rotatable bonds is 2. The molecular formula is C21H20F3N3O3S. The quantitative estimate of drug-likeness (QED) is 0.544. The van der Waals surface area contributed by atoms with E-state index >= 15 is 0 Å². The molecule has 1 aliphatic heterocycles. The molecule has 1 unspecified atom stereocenters. The minimum Gasteiger partial charge on any atom is -0.362 e. The fourth-order valence-electron chi connectivity index (χ4n) is 3.99. The van der Waals surface area contributed by atoms with Gasteiger partial charge in [-0.05, 0) is 50.5 Å². The van der Waals surface area contributed by atoms with E-state index in [2.05, 4.69) is 10.4 Å². The SMILES string of the molecule is CC1=CC(C)(C)OC(c2nsc3ccc(-n4c(=O)cc(C(F)(F)F)n(C)c4=O)cc23)C1. The Morgan fingerprint density at radius 1 is 1.23 bits per heavy atom. The van der Waals surface area contributed by atoms with E-state index in [-0.39, 0.29) is 11.8 Å². The molecule has 1 aliphatic rings. The number of hydrogen-bond donors (Lipinski definition) is 0. The van der Waals surface area contributed by atoms with Crippen LogP contribution in [0, 0.1) is 0 Å². The summed E-state index contributed by atoms with van der Waals surface area (Å²) in [6.45, 7) is 5.92. The molecule has 0 bridgehead atoms. The van der Waals surface area contributed by atoms with Crippen molar-refractivity contribution in [1.82, 2.24) is 13.5 Å². The number of fused-ring (bicyclic) bond motifs is 1. The molecule has 0 N–H and O–H groups in total. The second kappa shape index (κ2) is 7.16. The van der Waals surface area contributed by atoms with Crippen LogP contribution in [0.15, 0.2) is 45.5 Å². The van der Waals surface area contributed by atoms with E-state index in [1.165, 1.54) is 17.6 Å². The summed E-state index contributed by atoms with van der Waals surface area (Å²) in [5.74, 6) is 0. The zero-order chi connectivity index (χ0) is 22.7. The molecule has 0 spiro atoms. The van der Waals surface area contributed by atoms with Crippen LogP contribution in [0.1, 0.15) is 44.7 Å². The van der Waals surface area contributed by atoms with Crippen LogP contribution in [-0.2, 0) is 18.0 Å². The van der Waals surface area contributed by atoms with Crippen molar-refractivity contribution in [1.29, 1.82) is 0 Å². The summed E-state index contributed by atoms with van der Waals surface area (Å²) in [6, 6.07) is 5.26. The summed E-state index contributed by atoms with van der Waals surface area (Å²) in [5.41, 5.74) is -1.87. The van der Waals surface area contributed by atoms with Crippen molar-refractivity contribution >= 4 is 21.6 Å². The number of aromatic nitrogens is 3. The third-order valence-electron chi connectivity index (χ3n) is 5.20. The van der Waals surface area contributed by atoms with Gasteiger partial charge in [0.25, 0.3) is 5.56 Å². The summed E-state index contributed by atoms with van der Waals surface area (Å²) in [5, 5.41) is 0.701. The Labute approximate surface area is 179 Å². The average molecular weight is 451 g/mol. The van der Waals surface area contributed by atoms with E-state index in [9.17, 15) is 22.8 Å². The third-order valence-corrected chi connectivity index (χ3v) is 6.04. The number of nitrogens with zero attached hydrogens (tertiary/aromatic N) is 3. The molecule has 31 heavy (non-hydrogen) atoms. The maximum absolute atomic E-state index is 13.1. The van der Waals surface area contributed by atoms with Crippen molar-refractivity contribution in [2.24, 2.45) is 7.05 Å². The molecule has 0 aliphatic carbocycles. The van der Waals surface area contributed by atoms with Crippen LogP contribution in [-0.4, -0.2) is 19.1 Å². The number of ether oxygens (including phenoxy) is 1. The van der Waals surface area contributed by atoms with Crippen LogP contribution < -0.4 is 11.2 Å². The summed E-state index contributed by atoms with van der Waals surface area (Å²) in [7, 11) is 0.990. The summed E-state index contributed by atoms with van der Waals surface area (Å²) < 4.78 is 52.1. The Bertz CT molecular complexity index is 1330. The number of benzene rings is 1. The first kappa shape index (κ1) is 21.5. The molecule has 6 nitrogen and oxygen atoms in total. The topological polar surface area (TPSA) is 66.1 Å². The van der Waals surface area contributed by atoms with Crippen molar-refractivity contribution < 1.29 is 17.9 Å². The van der Waals surface area contributed by atoms with Crippen LogP contribution in [0.5, 0.6) is 0 Å². The number of alkyl halides is 3. The molecule has 10 heteroatoms. The van der Waals surface area contributed by atoms with Crippen LogP contribution in [0.25, 0.3) is 15.8 Å². The van der Waals surface area contributed by atoms with Crippen LogP contribution in [0.2, 0.25) is 0 Å². The number of hydrogen-bond acceptors (Lipinski definition) is 5. The van der Waals surface area contributed by atoms with E-state index in [0.717, 1.165) is 21.9 Å². The van der Waals surface area contributed by atoms with Crippen molar-refractivity contribution in [3.8, 4) is 5.69 Å². The van der Waals surface area contributed by atoms with Gasteiger partial charge in [0.15, 0.2) is 0 Å². The summed E-state index contributed by atoms with van der Waals surface area (Å²) >= 11 is 1.26. The second-order valence-corrected chi connectivity index (χ2v) is 9.00. The van der Waals surface area contributed by atoms with E-state index in [1.54, 1.807) is 12.1 Å². The van der Waals surface area contributed by atoms with Gasteiger partial charge in [0.2, 0.25) is 0 Å². The Morgan fingerprint density at radius 3 is 2.58 bits per heavy atom. The number of halogens is 3. The highest BCUT2D eigenvalue weighted by molar-refractivity contribution is 7.13. The van der Waals surface area contributed by atoms with Gasteiger partial charge in [-0.2, -0.15) is 17.5 Å². The van der Waals surface area contributed by atoms with Gasteiger partial charge >= 0.3 is 11.9 Å². The Kier molecular flexibility index (Phi) is 4.97. The lowest BCUT2D eigenvalue weighted by Crippen LogP contribution is -2.40. The monoisotopic (exact) mass is 451 g/mol. The van der Waals surface area contributed by atoms with Crippen molar-refractivity contribution in [2.45, 2.75) is 45.1 Å². The van der Waals surface area contributed by atoms with E-state index in [4.69, 9.17) is 4.74 Å². The molecule has 2 aromatic heterocycles. The molecule has 0 saturated carbocycles. The molecule has 0 fully saturated rings. The first-order valence-corrected chi connectivity index (χ1v) is 10.3. The fourth-order valence-corrected chi connectivity index (χ4v) is 4.79. The molecule has 0 radical (unpaired) electrons. The van der Waals surface area contributed by atoms with Gasteiger partial charge in [-0.25, -0.2) is 9.36 Å². The van der Waals surface area contributed by atoms with Gasteiger partial charge < -0.3 is 4.74 Å². The summed E-state index contributed by atoms with van der Waals surface area (Å²) in [4.78, 5) is 25.1. The molecule has 1 aromatic carbocycles. The van der Waals surface area contributed by atoms with E-state index in [0.29, 0.717) is 28.1 Å². The molecule has 4 rings (SSSR count). The zero-order valence-corrected chi connectivity index (χ0v) is 18.1. The Morgan fingerprint density at radius 2 is 1.94 bits per heavy atom. The summed E-state index contributed by atoms with van der Waals surface area (Å²) in [6.07, 6.45) is -2.42. The third kappa shape index (κ3) is 3.85. The smallest absolute Gasteiger partial charge is 0.362 e. The molecule has 3 heterocycles. The Hall–Kier alpha value is -2.72. The van der Waals surface area contributed by atoms with E-state index < -0.39 is 28.7 Å². The maximum Gasteiger partial charge on any atom is 0.431 e. The van der Waals surface area contributed by atoms with Gasteiger partial charge in [0, 0.05) is 24.9 Å². The van der Waals surface area contributed by atoms with Gasteiger partial charge in [-0.15, -0.1) is 0 Å². The minimum atomic E-state index is -4.81. The predicted octanol–water partition coefficient (Wildman–Crippen LogP) is 4.35. The molecule has 0 saturated heterocycles. The second-order valence-electron chi connectivity index (χ2n) is 8.20. The largest absolute Gasteiger partial charge is 0.431 e. The van der Waals surface area contributed by atoms with Gasteiger partial charge in [0.05, 0.1) is 21.7 Å². The molecule has 164 valence electrons. The van der Waals surface area contributed by atoms with Crippen molar-refractivity contribution in [2.75, 3.05) is 0 Å². The van der Waals surface area contributed by atoms with Crippen molar-refractivity contribution in [3.63, 3.8) is 0 Å². The lowest BCUT2D eigenvalue weighted by Gasteiger charge is -2.33. The Balaban J connectivity index is 1.86. The minimum absolute atomic E-state index is 0.176. The lowest BCUT2D eigenvalue weighted by atomic mass is 9.94. The molecular weight excluding hydrogens is 431 g/mol. The zero-order valence-electron chi connectivity index (χ0n) is 17.3. The van der Waals surface area contributed by atoms with Crippen LogP contribution >= 0.6 is 11.5 Å². The molecule has 1 atom stereocenters. The first-order valence-electron chi connectivity index (χ1n) is 9.53. The predicted molar refractivity (Wildman–Crippen MR) is 112 cm³/mol. The average Bonchev–Trinajstić information content (AvgIpc) is 3.05. The standard InChI is InChI=1S/C21H20F3N3O3S/c1-11-7-14(30-20(2,3)10-11)18-13-8-12(5-6-15(13)31-25-18)27-17(28)9-16(21(22,23)24)26(4)19(27)29/h5-6,8-10,14H,7H2,1-4H3. The van der Waals surface area contributed by atoms with Crippen LogP contribution in [0.4, 0.5) is 13.2 Å². The highest BCUT2D eigenvalue weighted by Crippen LogP contribution is 2.39. The molecule has 3 aromatic rings. The maximum atomic E-state index is 13.1. The normalized spacial score (nSPS) is 18.9. The highest BCUT2D eigenvalue weighted by atomic mass is 32.1. The molecule has 0 amide bonds. The van der Waals surface area contributed by atoms with Crippen molar-refractivity contribution in [3.05, 3.63) is 68.1 Å². The van der Waals surface area contributed by atoms with Gasteiger partial charge in [-0.3, -0.25) is 9.36 Å².